The molecule has 0 saturated heterocycles. The molecule has 0 fully saturated rings. The third-order valence-electron chi connectivity index (χ3n) is 4.64. The number of aryl methyl sites for hydroxylation is 1. The van der Waals surface area contributed by atoms with Crippen LogP contribution in [0.5, 0.6) is 0 Å². The van der Waals surface area contributed by atoms with Crippen LogP contribution in [-0.4, -0.2) is 9.97 Å². The Bertz CT molecular complexity index is 1090. The van der Waals surface area contributed by atoms with E-state index in [0.29, 0.717) is 16.9 Å². The first-order valence-electron chi connectivity index (χ1n) is 8.71. The minimum atomic E-state index is -4.37. The van der Waals surface area contributed by atoms with Gasteiger partial charge in [-0.05, 0) is 41.3 Å². The highest BCUT2D eigenvalue weighted by atomic mass is 19.4. The number of aromatic amines is 1. The van der Waals surface area contributed by atoms with Gasteiger partial charge in [0.25, 0.3) is 0 Å². The predicted octanol–water partition coefficient (Wildman–Crippen LogP) is 6.48. The first kappa shape index (κ1) is 17.3. The molecule has 136 valence electrons. The highest BCUT2D eigenvalue weighted by molar-refractivity contribution is 5.80. The lowest BCUT2D eigenvalue weighted by Crippen LogP contribution is -2.04. The van der Waals surface area contributed by atoms with E-state index in [-0.39, 0.29) is 0 Å². The summed E-state index contributed by atoms with van der Waals surface area (Å²) in [7, 11) is 0. The van der Waals surface area contributed by atoms with Gasteiger partial charge in [0, 0.05) is 5.56 Å². The van der Waals surface area contributed by atoms with Crippen molar-refractivity contribution in [1.82, 2.24) is 9.97 Å². The van der Waals surface area contributed by atoms with Crippen LogP contribution in [0.2, 0.25) is 0 Å². The highest BCUT2D eigenvalue weighted by Crippen LogP contribution is 2.32. The van der Waals surface area contributed by atoms with Crippen molar-refractivity contribution in [3.63, 3.8) is 0 Å². The van der Waals surface area contributed by atoms with Gasteiger partial charge in [0.2, 0.25) is 0 Å². The Kier molecular flexibility index (Phi) is 4.22. The van der Waals surface area contributed by atoms with Gasteiger partial charge < -0.3 is 4.98 Å². The Balaban J connectivity index is 1.67. The van der Waals surface area contributed by atoms with Gasteiger partial charge in [-0.1, -0.05) is 55.5 Å². The summed E-state index contributed by atoms with van der Waals surface area (Å²) in [6.45, 7) is 2.12. The van der Waals surface area contributed by atoms with Crippen molar-refractivity contribution >= 4 is 11.0 Å². The van der Waals surface area contributed by atoms with E-state index in [2.05, 4.69) is 35.1 Å². The zero-order chi connectivity index (χ0) is 19.0. The van der Waals surface area contributed by atoms with Crippen LogP contribution in [0.4, 0.5) is 13.2 Å². The molecule has 0 aliphatic rings. The van der Waals surface area contributed by atoms with Crippen molar-refractivity contribution in [2.45, 2.75) is 19.5 Å². The van der Waals surface area contributed by atoms with Crippen LogP contribution in [0.3, 0.4) is 0 Å². The van der Waals surface area contributed by atoms with E-state index in [9.17, 15) is 13.2 Å². The van der Waals surface area contributed by atoms with Crippen LogP contribution in [0.15, 0.2) is 66.7 Å². The van der Waals surface area contributed by atoms with Gasteiger partial charge in [-0.15, -0.1) is 0 Å². The minimum Gasteiger partial charge on any atom is -0.338 e. The Hall–Kier alpha value is -3.08. The summed E-state index contributed by atoms with van der Waals surface area (Å²) in [6.07, 6.45) is -3.39. The topological polar surface area (TPSA) is 28.7 Å². The summed E-state index contributed by atoms with van der Waals surface area (Å²) >= 11 is 0. The molecule has 0 spiro atoms. The lowest BCUT2D eigenvalue weighted by molar-refractivity contribution is -0.137. The summed E-state index contributed by atoms with van der Waals surface area (Å²) in [5, 5.41) is 0. The van der Waals surface area contributed by atoms with Crippen LogP contribution >= 0.6 is 0 Å². The fraction of sp³-hybridized carbons (Fsp3) is 0.136. The van der Waals surface area contributed by atoms with Gasteiger partial charge in [-0.3, -0.25) is 0 Å². The maximum atomic E-state index is 12.9. The van der Waals surface area contributed by atoms with Gasteiger partial charge in [0.05, 0.1) is 16.6 Å². The number of fused-ring (bicyclic) bond motifs is 1. The summed E-state index contributed by atoms with van der Waals surface area (Å²) in [5.74, 6) is 0.554. The van der Waals surface area contributed by atoms with E-state index in [4.69, 9.17) is 0 Å². The summed E-state index contributed by atoms with van der Waals surface area (Å²) in [6, 6.07) is 19.8. The molecule has 0 atom stereocenters. The first-order chi connectivity index (χ1) is 12.9. The molecule has 5 heteroatoms. The average Bonchev–Trinajstić information content (AvgIpc) is 3.11. The molecule has 0 saturated carbocycles. The largest absolute Gasteiger partial charge is 0.416 e. The zero-order valence-electron chi connectivity index (χ0n) is 14.6. The lowest BCUT2D eigenvalue weighted by Gasteiger charge is -2.05. The molecule has 0 radical (unpaired) electrons. The highest BCUT2D eigenvalue weighted by Gasteiger charge is 2.30. The molecule has 4 rings (SSSR count). The van der Waals surface area contributed by atoms with Gasteiger partial charge in [0.1, 0.15) is 5.82 Å². The van der Waals surface area contributed by atoms with E-state index < -0.39 is 11.7 Å². The summed E-state index contributed by atoms with van der Waals surface area (Å²) < 4.78 is 38.6. The molecule has 1 heterocycles. The van der Waals surface area contributed by atoms with Crippen molar-refractivity contribution in [3.05, 3.63) is 77.9 Å². The fourth-order valence-corrected chi connectivity index (χ4v) is 3.11. The van der Waals surface area contributed by atoms with Crippen LogP contribution in [-0.2, 0) is 12.6 Å². The first-order valence-corrected chi connectivity index (χ1v) is 8.71. The SMILES string of the molecule is CCc1cccc(-c2ccc(-c3nc4ccc(C(F)(F)F)cc4[nH]3)cc2)c1. The molecular formula is C22H17F3N2. The second kappa shape index (κ2) is 6.58. The molecule has 27 heavy (non-hydrogen) atoms. The van der Waals surface area contributed by atoms with E-state index in [1.165, 1.54) is 11.6 Å². The van der Waals surface area contributed by atoms with Crippen molar-refractivity contribution < 1.29 is 13.2 Å². The number of hydrogen-bond donors (Lipinski definition) is 1. The Morgan fingerprint density at radius 3 is 2.30 bits per heavy atom. The van der Waals surface area contributed by atoms with E-state index in [0.717, 1.165) is 35.2 Å². The zero-order valence-corrected chi connectivity index (χ0v) is 14.6. The number of halogens is 3. The summed E-state index contributed by atoms with van der Waals surface area (Å²) in [5.41, 5.74) is 4.53. The number of rotatable bonds is 3. The third-order valence-corrected chi connectivity index (χ3v) is 4.64. The van der Waals surface area contributed by atoms with Gasteiger partial charge >= 0.3 is 6.18 Å². The molecule has 1 N–H and O–H groups in total. The fourth-order valence-electron chi connectivity index (χ4n) is 3.11. The number of aromatic nitrogens is 2. The number of nitrogens with zero attached hydrogens (tertiary/aromatic N) is 1. The standard InChI is InChI=1S/C22H17F3N2/c1-2-14-4-3-5-17(12-14)15-6-8-16(9-7-15)21-26-19-11-10-18(22(23,24)25)13-20(19)27-21/h3-13H,2H2,1H3,(H,26,27). The van der Waals surface area contributed by atoms with E-state index >= 15 is 0 Å². The molecular weight excluding hydrogens is 349 g/mol. The number of H-pyrrole nitrogens is 1. The van der Waals surface area contributed by atoms with E-state index in [1.807, 2.05) is 30.3 Å². The normalized spacial score (nSPS) is 11.9. The molecule has 2 nitrogen and oxygen atoms in total. The van der Waals surface area contributed by atoms with Gasteiger partial charge in [0.15, 0.2) is 0 Å². The van der Waals surface area contributed by atoms with Gasteiger partial charge in [-0.25, -0.2) is 4.98 Å². The van der Waals surface area contributed by atoms with Crippen LogP contribution in [0.1, 0.15) is 18.1 Å². The monoisotopic (exact) mass is 366 g/mol. The van der Waals surface area contributed by atoms with Crippen molar-refractivity contribution in [2.75, 3.05) is 0 Å². The maximum absolute atomic E-state index is 12.9. The molecule has 0 aliphatic heterocycles. The van der Waals surface area contributed by atoms with Gasteiger partial charge in [-0.2, -0.15) is 13.2 Å². The number of nitrogens with one attached hydrogen (secondary N) is 1. The second-order valence-electron chi connectivity index (χ2n) is 6.45. The number of imidazole rings is 1. The van der Waals surface area contributed by atoms with Crippen LogP contribution in [0, 0.1) is 0 Å². The van der Waals surface area contributed by atoms with E-state index in [1.54, 1.807) is 0 Å². The quantitative estimate of drug-likeness (QED) is 0.442. The number of alkyl halides is 3. The molecule has 0 amide bonds. The molecule has 1 aromatic heterocycles. The molecule has 3 aromatic carbocycles. The molecule has 0 aliphatic carbocycles. The summed E-state index contributed by atoms with van der Waals surface area (Å²) in [4.78, 5) is 7.40. The molecule has 0 unspecified atom stereocenters. The van der Waals surface area contributed by atoms with Crippen LogP contribution < -0.4 is 0 Å². The Morgan fingerprint density at radius 1 is 0.852 bits per heavy atom. The van der Waals surface area contributed by atoms with Crippen LogP contribution in [0.25, 0.3) is 33.5 Å². The average molecular weight is 366 g/mol. The smallest absolute Gasteiger partial charge is 0.338 e. The molecule has 4 aromatic rings. The lowest BCUT2D eigenvalue weighted by atomic mass is 10.0. The van der Waals surface area contributed by atoms with Crippen molar-refractivity contribution in [2.24, 2.45) is 0 Å². The number of benzene rings is 3. The number of hydrogen-bond acceptors (Lipinski definition) is 1. The third kappa shape index (κ3) is 3.45. The second-order valence-corrected chi connectivity index (χ2v) is 6.45. The predicted molar refractivity (Wildman–Crippen MR) is 101 cm³/mol. The molecule has 0 bridgehead atoms. The van der Waals surface area contributed by atoms with Crippen molar-refractivity contribution in [3.8, 4) is 22.5 Å². The Morgan fingerprint density at radius 2 is 1.59 bits per heavy atom. The minimum absolute atomic E-state index is 0.375. The maximum Gasteiger partial charge on any atom is 0.416 e. The van der Waals surface area contributed by atoms with Crippen molar-refractivity contribution in [1.29, 1.82) is 0 Å². The Labute approximate surface area is 154 Å².